The molecule has 0 bridgehead atoms. The van der Waals surface area contributed by atoms with Crippen molar-refractivity contribution in [2.24, 2.45) is 33.7 Å². The summed E-state index contributed by atoms with van der Waals surface area (Å²) in [6.45, 7) is 67.3. The van der Waals surface area contributed by atoms with E-state index in [9.17, 15) is 28.8 Å². The third kappa shape index (κ3) is 53.3. The van der Waals surface area contributed by atoms with Crippen molar-refractivity contribution < 1.29 is 94.7 Å². The first-order chi connectivity index (χ1) is 40.5. The molecule has 0 spiro atoms. The van der Waals surface area contributed by atoms with E-state index in [2.05, 4.69) is 152 Å². The summed E-state index contributed by atoms with van der Waals surface area (Å²) in [4.78, 5) is 77.4. The Hall–Kier alpha value is -5.37. The predicted octanol–water partition coefficient (Wildman–Crippen LogP) is 24.2. The largest absolute Gasteiger partial charge is 2.00 e. The minimum atomic E-state index is -0.690. The van der Waals surface area contributed by atoms with Crippen molar-refractivity contribution in [3.8, 4) is 0 Å². The molecule has 0 saturated carbocycles. The molecule has 0 heterocycles. The standard InChI is InChI=1S/C21H26N2O.C16H24N2O.2C12H15NO2.4C4H10.4CH3.4Ni/c1-12-8-14(3)19(15(4)9-12)22-18(7)21(24)23-20-16(5)10-13(2)11-17(20)6;1-10-8-11(2)14(12(3)9-10)17-13(4)15(19)18-16(5,6)7;2*1-7-5-8(2)11(9(3)6-7)13-12(15)10(4)14;4*1-4(2)3;;;;;;;;/h8-11H,1-7H3,(H,23,24);8-9H,1-7H3,(H,18,19);2*5-6H,1-4H3,(H,13,15);4*4H,1-3H3;4*1H3;;;;/q;;;;;;;;4*-1;4*+2/p-4. The molecule has 16 heteroatoms. The average Bonchev–Trinajstić information content (AvgIpc) is 3.33. The van der Waals surface area contributed by atoms with Gasteiger partial charge in [-0.3, -0.25) is 19.6 Å². The topological polar surface area (TPSA) is 184 Å². The Balaban J connectivity index is -0.000000103. The Morgan fingerprint density at radius 2 is 0.454 bits per heavy atom. The molecule has 0 atom stereocenters. The van der Waals surface area contributed by atoms with Crippen molar-refractivity contribution in [3.05, 3.63) is 195 Å². The number of nitrogens with zero attached hydrogens (tertiary/aromatic N) is 6. The summed E-state index contributed by atoms with van der Waals surface area (Å²) in [6.07, 6.45) is 0. The van der Waals surface area contributed by atoms with Gasteiger partial charge in [-0.05, 0) is 164 Å². The molecule has 0 fully saturated rings. The number of carbonyl (C=O) groups excluding carboxylic acids is 6. The van der Waals surface area contributed by atoms with Crippen LogP contribution in [0.5, 0.6) is 0 Å². The number of hydrogen-bond acceptors (Lipinski definition) is 8. The van der Waals surface area contributed by atoms with Crippen LogP contribution in [0.4, 0.5) is 28.4 Å². The predicted molar refractivity (Wildman–Crippen MR) is 410 cm³/mol. The van der Waals surface area contributed by atoms with Crippen molar-refractivity contribution in [1.29, 1.82) is 0 Å². The number of hydrogen-bond donors (Lipinski definition) is 0. The van der Waals surface area contributed by atoms with Gasteiger partial charge in [0.25, 0.3) is 0 Å². The minimum absolute atomic E-state index is 0. The van der Waals surface area contributed by atoms with Gasteiger partial charge in [-0.25, -0.2) is 0 Å². The first kappa shape index (κ1) is 116. The minimum Gasteiger partial charge on any atom is -0.643 e. The molecule has 0 aliphatic carbocycles. The molecule has 5 rings (SSSR count). The van der Waals surface area contributed by atoms with E-state index in [4.69, 9.17) is 0 Å². The maximum absolute atomic E-state index is 12.5. The number of aryl methyl sites for hydroxylation is 15. The van der Waals surface area contributed by atoms with E-state index in [0.29, 0.717) is 22.8 Å². The molecule has 558 valence electrons. The molecular weight excluding hydrogens is 1390 g/mol. The molecule has 0 saturated heterocycles. The fourth-order valence-corrected chi connectivity index (χ4v) is 8.10. The van der Waals surface area contributed by atoms with E-state index in [1.54, 1.807) is 13.8 Å². The summed E-state index contributed by atoms with van der Waals surface area (Å²) in [5.41, 5.74) is 20.0. The molecule has 0 N–H and O–H groups in total. The normalized spacial score (nSPS) is 9.84. The summed E-state index contributed by atoms with van der Waals surface area (Å²) in [7, 11) is 0. The number of amides is 4. The molecule has 0 unspecified atom stereocenters. The molecule has 0 aliphatic heterocycles. The van der Waals surface area contributed by atoms with Crippen molar-refractivity contribution in [2.75, 3.05) is 0 Å². The molecule has 0 aliphatic rings. The summed E-state index contributed by atoms with van der Waals surface area (Å²) in [6, 6.07) is 20.2. The smallest absolute Gasteiger partial charge is 0.643 e. The molecule has 97 heavy (non-hydrogen) atoms. The van der Waals surface area contributed by atoms with Crippen molar-refractivity contribution in [1.82, 2.24) is 0 Å². The van der Waals surface area contributed by atoms with E-state index in [-0.39, 0.29) is 113 Å². The van der Waals surface area contributed by atoms with Crippen LogP contribution in [0.25, 0.3) is 21.3 Å². The summed E-state index contributed by atoms with van der Waals surface area (Å²) >= 11 is 0. The van der Waals surface area contributed by atoms with Gasteiger partial charge in [-0.1, -0.05) is 226 Å². The number of benzene rings is 5. The average molecular weight is 1520 g/mol. The number of carbonyl (C=O) groups is 6. The Labute approximate surface area is 634 Å². The van der Waals surface area contributed by atoms with Crippen LogP contribution in [0, 0.1) is 157 Å². The van der Waals surface area contributed by atoms with Crippen molar-refractivity contribution in [2.45, 2.75) is 241 Å². The summed E-state index contributed by atoms with van der Waals surface area (Å²) in [5, 5.41) is 16.0. The summed E-state index contributed by atoms with van der Waals surface area (Å²) in [5.74, 6) is 0.357. The van der Waals surface area contributed by atoms with Crippen LogP contribution in [0.1, 0.15) is 215 Å². The second-order valence-corrected chi connectivity index (χ2v) is 27.0. The molecule has 12 nitrogen and oxygen atoms in total. The zero-order valence-electron chi connectivity index (χ0n) is 67.0. The number of Topliss-reactive ketones (excluding diaryl/α,β-unsaturated/α-hetero) is 2. The van der Waals surface area contributed by atoms with Gasteiger partial charge in [-0.15, -0.1) is 22.6 Å². The van der Waals surface area contributed by atoms with Crippen molar-refractivity contribution in [3.63, 3.8) is 0 Å². The fraction of sp³-hybridized carbons (Fsp3) is 0.481. The molecule has 5 aromatic carbocycles. The number of ketones is 2. The monoisotopic (exact) mass is 1510 g/mol. The summed E-state index contributed by atoms with van der Waals surface area (Å²) < 4.78 is 0. The maximum atomic E-state index is 12.5. The second-order valence-electron chi connectivity index (χ2n) is 27.0. The van der Waals surface area contributed by atoms with Crippen molar-refractivity contribution >= 4 is 75.1 Å². The molecule has 0 radical (unpaired) electrons. The zero-order chi connectivity index (χ0) is 70.3. The third-order valence-electron chi connectivity index (χ3n) is 11.0. The SMILES string of the molecule is CC(=Nc1c(C)cc(C)cc1C)C(=O)[N-]C(C)(C)C.CC(=Nc1c(C)cc(C)cc1C)C(=O)[N-]c1c(C)cc(C)cc1C.CC(=O)C(=O)[N-]c1c(C)cc(C)cc1C.CC(=O)C(=O)[N-]c1c(C)cc(C)cc1C.CC(C)C.CC(C)C.CC(C)C.CC(C)C.[CH3-].[CH3-].[CH3-].[CH3-].[Ni+2].[Ni+2].[Ni+2].[Ni+2]. The van der Waals surface area contributed by atoms with Crippen LogP contribution < -0.4 is 0 Å². The zero-order valence-corrected chi connectivity index (χ0v) is 70.9. The van der Waals surface area contributed by atoms with Gasteiger partial charge in [-0.2, -0.15) is 0 Å². The van der Waals surface area contributed by atoms with Crippen LogP contribution in [0.3, 0.4) is 0 Å². The van der Waals surface area contributed by atoms with Crippen LogP contribution >= 0.6 is 0 Å². The van der Waals surface area contributed by atoms with Crippen LogP contribution in [0.2, 0.25) is 0 Å². The van der Waals surface area contributed by atoms with E-state index >= 15 is 0 Å². The Bertz CT molecular complexity index is 2990. The van der Waals surface area contributed by atoms with Gasteiger partial charge in [0.05, 0.1) is 34.6 Å². The van der Waals surface area contributed by atoms with E-state index in [1.165, 1.54) is 30.5 Å². The van der Waals surface area contributed by atoms with Gasteiger partial charge in [0.2, 0.25) is 0 Å². The van der Waals surface area contributed by atoms with E-state index in [0.717, 1.165) is 107 Å². The Kier molecular flexibility index (Phi) is 68.5. The molecule has 4 amide bonds. The van der Waals surface area contributed by atoms with Gasteiger partial charge in [0, 0.05) is 13.8 Å². The van der Waals surface area contributed by atoms with Gasteiger partial charge in [0.15, 0.2) is 11.6 Å². The molecule has 5 aromatic rings. The number of aliphatic imine (C=N–C) groups is 2. The van der Waals surface area contributed by atoms with Gasteiger partial charge < -0.3 is 70.2 Å². The van der Waals surface area contributed by atoms with Crippen LogP contribution in [0.15, 0.2) is 70.6 Å². The van der Waals surface area contributed by atoms with Crippen LogP contribution in [-0.4, -0.2) is 52.2 Å². The third-order valence-corrected chi connectivity index (χ3v) is 11.0. The van der Waals surface area contributed by atoms with E-state index in [1.807, 2.05) is 147 Å². The quantitative estimate of drug-likeness (QED) is 0.0612. The fourth-order valence-electron chi connectivity index (χ4n) is 8.10. The second kappa shape index (κ2) is 57.4. The molecular formula is C81H128N6Ni4O6. The van der Waals surface area contributed by atoms with E-state index < -0.39 is 23.4 Å². The van der Waals surface area contributed by atoms with Crippen LogP contribution in [-0.2, 0) is 94.7 Å². The first-order valence-corrected chi connectivity index (χ1v) is 31.1. The Morgan fingerprint density at radius 1 is 0.299 bits per heavy atom. The van der Waals surface area contributed by atoms with Gasteiger partial charge in [0.1, 0.15) is 11.8 Å². The number of rotatable bonds is 9. The molecule has 0 aromatic heterocycles. The Morgan fingerprint density at radius 3 is 0.619 bits per heavy atom. The van der Waals surface area contributed by atoms with Gasteiger partial charge >= 0.3 is 66.0 Å². The maximum Gasteiger partial charge on any atom is 2.00 e. The first-order valence-electron chi connectivity index (χ1n) is 31.1.